The van der Waals surface area contributed by atoms with Crippen LogP contribution in [0.1, 0.15) is 0 Å². The first-order valence-corrected chi connectivity index (χ1v) is 5.22. The number of carbonyl (C=O) groups is 2. The number of hydrogen-bond acceptors (Lipinski definition) is 3. The number of nitrogens with zero attached hydrogens (tertiary/aromatic N) is 1. The number of nitrogens with two attached hydrogens (primary N) is 1. The van der Waals surface area contributed by atoms with Crippen LogP contribution in [0.2, 0.25) is 0 Å². The predicted octanol–water partition coefficient (Wildman–Crippen LogP) is 1.48. The van der Waals surface area contributed by atoms with E-state index in [1.54, 1.807) is 0 Å². The van der Waals surface area contributed by atoms with Gasteiger partial charge >= 0.3 is 18.0 Å². The number of alkyl halides is 3. The molecule has 1 aromatic rings. The Bertz CT molecular complexity index is 558. The van der Waals surface area contributed by atoms with Crippen molar-refractivity contribution >= 4 is 17.5 Å². The van der Waals surface area contributed by atoms with Crippen LogP contribution in [0.5, 0.6) is 0 Å². The molecule has 20 heavy (non-hydrogen) atoms. The lowest BCUT2D eigenvalue weighted by Crippen LogP contribution is -2.62. The molecule has 2 amide bonds. The van der Waals surface area contributed by atoms with Crippen LogP contribution in [-0.2, 0) is 9.59 Å². The van der Waals surface area contributed by atoms with Gasteiger partial charge in [0.05, 0.1) is 7.05 Å². The Balaban J connectivity index is 3.59. The summed E-state index contributed by atoms with van der Waals surface area (Å²) in [5.41, 5.74) is 3.91. The van der Waals surface area contributed by atoms with Gasteiger partial charge in [0.1, 0.15) is 12.4 Å². The van der Waals surface area contributed by atoms with Crippen molar-refractivity contribution < 1.29 is 31.5 Å². The SMILES string of the molecule is C[N+](C(=O)CN)(C(=O)C(F)(F)F)c1cc(F)ccc1F. The third-order valence-electron chi connectivity index (χ3n) is 2.71. The summed E-state index contributed by atoms with van der Waals surface area (Å²) in [7, 11) is 0.517. The average Bonchev–Trinajstić information content (AvgIpc) is 2.37. The van der Waals surface area contributed by atoms with Crippen molar-refractivity contribution in [2.24, 2.45) is 5.73 Å². The molecule has 1 rings (SSSR count). The highest BCUT2D eigenvalue weighted by Crippen LogP contribution is 2.32. The number of halogens is 5. The van der Waals surface area contributed by atoms with Crippen LogP contribution in [0, 0.1) is 11.6 Å². The van der Waals surface area contributed by atoms with Gasteiger partial charge in [0.15, 0.2) is 11.5 Å². The number of quaternary nitrogens is 1. The molecule has 0 heterocycles. The smallest absolute Gasteiger partial charge is 0.319 e. The fourth-order valence-electron chi connectivity index (χ4n) is 1.62. The molecule has 110 valence electrons. The molecule has 9 heteroatoms. The molecular weight excluding hydrogens is 287 g/mol. The summed E-state index contributed by atoms with van der Waals surface area (Å²) in [5.74, 6) is -6.40. The van der Waals surface area contributed by atoms with Crippen LogP contribution < -0.4 is 10.2 Å². The van der Waals surface area contributed by atoms with Gasteiger partial charge in [-0.05, 0) is 12.1 Å². The maximum Gasteiger partial charge on any atom is 0.510 e. The van der Waals surface area contributed by atoms with Crippen molar-refractivity contribution in [3.8, 4) is 0 Å². The van der Waals surface area contributed by atoms with E-state index in [2.05, 4.69) is 0 Å². The molecule has 0 fully saturated rings. The quantitative estimate of drug-likeness (QED) is 0.664. The molecule has 0 aromatic heterocycles. The van der Waals surface area contributed by atoms with E-state index in [1.165, 1.54) is 0 Å². The molecule has 4 nitrogen and oxygen atoms in total. The topological polar surface area (TPSA) is 60.2 Å². The summed E-state index contributed by atoms with van der Waals surface area (Å²) in [4.78, 5) is 23.1. The highest BCUT2D eigenvalue weighted by Gasteiger charge is 2.58. The molecule has 0 aliphatic carbocycles. The number of amides is 2. The average molecular weight is 297 g/mol. The van der Waals surface area contributed by atoms with Gasteiger partial charge in [-0.25, -0.2) is 18.4 Å². The summed E-state index contributed by atoms with van der Waals surface area (Å²) >= 11 is 0. The van der Waals surface area contributed by atoms with Crippen molar-refractivity contribution in [2.75, 3.05) is 13.6 Å². The zero-order valence-electron chi connectivity index (χ0n) is 10.2. The Morgan fingerprint density at radius 1 is 1.25 bits per heavy atom. The monoisotopic (exact) mass is 297 g/mol. The first-order valence-electron chi connectivity index (χ1n) is 5.22. The van der Waals surface area contributed by atoms with Crippen molar-refractivity contribution in [3.63, 3.8) is 0 Å². The summed E-state index contributed by atoms with van der Waals surface area (Å²) in [5, 5.41) is 0. The molecule has 0 aliphatic rings. The molecular formula is C11H10F5N2O2+. The Morgan fingerprint density at radius 3 is 2.25 bits per heavy atom. The van der Waals surface area contributed by atoms with Crippen LogP contribution in [0.15, 0.2) is 18.2 Å². The number of hydrogen-bond donors (Lipinski definition) is 1. The van der Waals surface area contributed by atoms with Gasteiger partial charge < -0.3 is 5.73 Å². The number of imide groups is 1. The van der Waals surface area contributed by atoms with E-state index in [4.69, 9.17) is 5.73 Å². The van der Waals surface area contributed by atoms with E-state index >= 15 is 0 Å². The minimum Gasteiger partial charge on any atom is -0.319 e. The van der Waals surface area contributed by atoms with Gasteiger partial charge in [0.2, 0.25) is 0 Å². The zero-order chi connectivity index (χ0) is 15.7. The van der Waals surface area contributed by atoms with E-state index in [0.29, 0.717) is 25.2 Å². The summed E-state index contributed by atoms with van der Waals surface area (Å²) in [6.07, 6.45) is -5.42. The Morgan fingerprint density at radius 2 is 1.80 bits per heavy atom. The third kappa shape index (κ3) is 2.68. The Kier molecular flexibility index (Phi) is 4.25. The van der Waals surface area contributed by atoms with Crippen LogP contribution in [-0.4, -0.2) is 31.6 Å². The number of rotatable bonds is 2. The summed E-state index contributed by atoms with van der Waals surface area (Å²) in [6, 6.07) is 1.52. The second-order valence-electron chi connectivity index (χ2n) is 4.00. The number of likely N-dealkylation sites (N-methyl/N-ethyl adjacent to an activating group) is 1. The van der Waals surface area contributed by atoms with Crippen LogP contribution in [0.25, 0.3) is 0 Å². The normalized spacial score (nSPS) is 14.8. The minimum atomic E-state index is -5.42. The van der Waals surface area contributed by atoms with Crippen molar-refractivity contribution in [1.29, 1.82) is 0 Å². The lowest BCUT2D eigenvalue weighted by Gasteiger charge is -2.28. The van der Waals surface area contributed by atoms with Crippen molar-refractivity contribution in [1.82, 2.24) is 4.48 Å². The molecule has 0 radical (unpaired) electrons. The van der Waals surface area contributed by atoms with Gasteiger partial charge in [-0.1, -0.05) is 0 Å². The molecule has 0 aliphatic heterocycles. The van der Waals surface area contributed by atoms with E-state index in [1.807, 2.05) is 0 Å². The van der Waals surface area contributed by atoms with Crippen LogP contribution >= 0.6 is 0 Å². The fourth-order valence-corrected chi connectivity index (χ4v) is 1.62. The largest absolute Gasteiger partial charge is 0.510 e. The standard InChI is InChI=1S/C11H10F5N2O2/c1-18(9(19)5-17,10(20)11(14,15)16)8-4-6(12)2-3-7(8)13/h2-4H,5,17H2,1H3/q+1. The highest BCUT2D eigenvalue weighted by molar-refractivity contribution is 6.11. The van der Waals surface area contributed by atoms with E-state index in [-0.39, 0.29) is 0 Å². The van der Waals surface area contributed by atoms with Gasteiger partial charge in [-0.2, -0.15) is 17.7 Å². The van der Waals surface area contributed by atoms with Gasteiger partial charge in [0, 0.05) is 6.07 Å². The van der Waals surface area contributed by atoms with Crippen molar-refractivity contribution in [2.45, 2.75) is 6.18 Å². The maximum atomic E-state index is 13.6. The van der Waals surface area contributed by atoms with Crippen LogP contribution in [0.3, 0.4) is 0 Å². The fraction of sp³-hybridized carbons (Fsp3) is 0.273. The van der Waals surface area contributed by atoms with Gasteiger partial charge in [-0.15, -0.1) is 0 Å². The Labute approximate surface area is 110 Å². The molecule has 0 saturated heterocycles. The lowest BCUT2D eigenvalue weighted by atomic mass is 10.2. The Hall–Kier alpha value is -1.87. The molecule has 1 unspecified atom stereocenters. The van der Waals surface area contributed by atoms with Gasteiger partial charge in [-0.3, -0.25) is 0 Å². The van der Waals surface area contributed by atoms with Crippen molar-refractivity contribution in [3.05, 3.63) is 29.8 Å². The molecule has 0 spiro atoms. The first kappa shape index (κ1) is 16.2. The second kappa shape index (κ2) is 5.25. The maximum absolute atomic E-state index is 13.6. The predicted molar refractivity (Wildman–Crippen MR) is 59.2 cm³/mol. The zero-order valence-corrected chi connectivity index (χ0v) is 10.2. The lowest BCUT2D eigenvalue weighted by molar-refractivity contribution is -0.185. The first-order chi connectivity index (χ1) is 9.05. The summed E-state index contributed by atoms with van der Waals surface area (Å²) < 4.78 is 62.3. The van der Waals surface area contributed by atoms with E-state index in [0.717, 1.165) is 0 Å². The van der Waals surface area contributed by atoms with Gasteiger partial charge in [0.25, 0.3) is 0 Å². The molecule has 1 atom stereocenters. The molecule has 0 bridgehead atoms. The number of benzene rings is 1. The third-order valence-corrected chi connectivity index (χ3v) is 2.71. The van der Waals surface area contributed by atoms with E-state index < -0.39 is 46.3 Å². The molecule has 2 N–H and O–H groups in total. The van der Waals surface area contributed by atoms with E-state index in [9.17, 15) is 31.5 Å². The highest BCUT2D eigenvalue weighted by atomic mass is 19.4. The molecule has 1 aromatic carbocycles. The summed E-state index contributed by atoms with van der Waals surface area (Å²) in [6.45, 7) is -0.950. The van der Waals surface area contributed by atoms with Crippen LogP contribution in [0.4, 0.5) is 27.6 Å². The second-order valence-corrected chi connectivity index (χ2v) is 4.00. The number of carbonyl (C=O) groups excluding carboxylic acids is 2. The molecule has 0 saturated carbocycles. The minimum absolute atomic E-state index is 0.354.